The van der Waals surface area contributed by atoms with Crippen LogP contribution < -0.4 is 5.32 Å². The number of nitrogens with one attached hydrogen (secondary N) is 1. The Morgan fingerprint density at radius 3 is 2.35 bits per heavy atom. The molecule has 0 unspecified atom stereocenters. The number of aromatic carboxylic acids is 1. The Labute approximate surface area is 283 Å². The van der Waals surface area contributed by atoms with Gasteiger partial charge in [-0.25, -0.2) is 9.78 Å². The number of carboxylic acid groups (broad SMARTS) is 1. The second-order valence-corrected chi connectivity index (χ2v) is 12.5. The lowest BCUT2D eigenvalue weighted by Gasteiger charge is -2.41. The van der Waals surface area contributed by atoms with Crippen molar-refractivity contribution < 1.29 is 29.3 Å². The fourth-order valence-corrected chi connectivity index (χ4v) is 6.84. The van der Waals surface area contributed by atoms with Gasteiger partial charge >= 0.3 is 5.97 Å². The highest BCUT2D eigenvalue weighted by Gasteiger charge is 2.38. The van der Waals surface area contributed by atoms with Gasteiger partial charge in [0.05, 0.1) is 29.9 Å². The Bertz CT molecular complexity index is 1850. The molecule has 1 saturated heterocycles. The van der Waals surface area contributed by atoms with Crippen molar-refractivity contribution in [3.63, 3.8) is 0 Å². The first-order chi connectivity index (χ1) is 23.4. The minimum Gasteiger partial charge on any atom is -0.478 e. The number of rotatable bonds is 11. The van der Waals surface area contributed by atoms with E-state index in [0.29, 0.717) is 22.9 Å². The number of aliphatic hydroxyl groups excluding tert-OH is 1. The molecule has 48 heavy (non-hydrogen) atoms. The molecule has 9 nitrogen and oxygen atoms in total. The van der Waals surface area contributed by atoms with E-state index in [1.165, 1.54) is 11.8 Å². The maximum Gasteiger partial charge on any atom is 0.338 e. The van der Waals surface area contributed by atoms with E-state index in [0.717, 1.165) is 33.4 Å². The molecule has 6 rings (SSSR count). The number of aromatic nitrogens is 2. The zero-order chi connectivity index (χ0) is 33.5. The predicted molar refractivity (Wildman–Crippen MR) is 182 cm³/mol. The Morgan fingerprint density at radius 1 is 0.875 bits per heavy atom. The number of ether oxygens (including phenoxy) is 2. The number of carbonyl (C=O) groups is 2. The SMILES string of the molecule is C[C@@H]1[C@H](CSc2ncccc2C(=O)O)O[C@H](c2ccc(-c3ccccc3CNC(=O)c3cccnc3)cc2)O[C@@H]1c1ccc(CO)cc1. The van der Waals surface area contributed by atoms with E-state index < -0.39 is 12.3 Å². The third-order valence-electron chi connectivity index (χ3n) is 8.38. The van der Waals surface area contributed by atoms with E-state index in [9.17, 15) is 19.8 Å². The zero-order valence-electron chi connectivity index (χ0n) is 26.2. The van der Waals surface area contributed by atoms with Crippen LogP contribution in [0.4, 0.5) is 0 Å². The van der Waals surface area contributed by atoms with Crippen LogP contribution in [0.2, 0.25) is 0 Å². The van der Waals surface area contributed by atoms with Crippen molar-refractivity contribution >= 4 is 23.6 Å². The van der Waals surface area contributed by atoms with Gasteiger partial charge in [-0.3, -0.25) is 9.78 Å². The Morgan fingerprint density at radius 2 is 1.62 bits per heavy atom. The lowest BCUT2D eigenvalue weighted by atomic mass is 9.91. The van der Waals surface area contributed by atoms with Crippen molar-refractivity contribution in [3.8, 4) is 11.1 Å². The summed E-state index contributed by atoms with van der Waals surface area (Å²) < 4.78 is 13.2. The average Bonchev–Trinajstić information content (AvgIpc) is 3.14. The van der Waals surface area contributed by atoms with Gasteiger partial charge in [0.25, 0.3) is 5.91 Å². The number of nitrogens with zero attached hydrogens (tertiary/aromatic N) is 2. The van der Waals surface area contributed by atoms with Crippen molar-refractivity contribution in [2.24, 2.45) is 5.92 Å². The predicted octanol–water partition coefficient (Wildman–Crippen LogP) is 6.85. The molecule has 0 bridgehead atoms. The molecule has 1 fully saturated rings. The summed E-state index contributed by atoms with van der Waals surface area (Å²) in [7, 11) is 0. The van der Waals surface area contributed by atoms with Crippen LogP contribution in [0.1, 0.15) is 62.3 Å². The minimum absolute atomic E-state index is 0.0469. The number of thioether (sulfide) groups is 1. The molecular weight excluding hydrogens is 627 g/mol. The molecule has 3 aromatic carbocycles. The molecule has 0 radical (unpaired) electrons. The summed E-state index contributed by atoms with van der Waals surface area (Å²) in [5.41, 5.74) is 6.22. The summed E-state index contributed by atoms with van der Waals surface area (Å²) in [5, 5.41) is 22.6. The fourth-order valence-electron chi connectivity index (χ4n) is 5.69. The van der Waals surface area contributed by atoms with Crippen molar-refractivity contribution in [3.05, 3.63) is 149 Å². The van der Waals surface area contributed by atoms with E-state index in [4.69, 9.17) is 9.47 Å². The molecule has 4 atom stereocenters. The monoisotopic (exact) mass is 661 g/mol. The molecule has 244 valence electrons. The number of carbonyl (C=O) groups excluding carboxylic acids is 1. The number of pyridine rings is 2. The van der Waals surface area contributed by atoms with Crippen molar-refractivity contribution in [1.82, 2.24) is 15.3 Å². The molecule has 0 aliphatic carbocycles. The smallest absolute Gasteiger partial charge is 0.338 e. The van der Waals surface area contributed by atoms with E-state index in [2.05, 4.69) is 22.2 Å². The standard InChI is InChI=1S/C38H35N3O6S/c1-24-33(23-48-36-32(37(44)45)9-5-19-40-36)46-38(47-34(24)27-12-10-25(22-42)11-13-27)28-16-14-26(15-17-28)31-8-3-2-6-29(31)21-41-35(43)30-7-4-18-39-20-30/h2-20,24,33-34,38,42H,21-23H2,1H3,(H,41,43)(H,44,45)/t24-,33+,34+,38+/m1/s1. The number of benzene rings is 3. The molecule has 0 saturated carbocycles. The molecule has 10 heteroatoms. The molecule has 0 spiro atoms. The van der Waals surface area contributed by atoms with E-state index >= 15 is 0 Å². The zero-order valence-corrected chi connectivity index (χ0v) is 27.0. The number of hydrogen-bond donors (Lipinski definition) is 3. The Hall–Kier alpha value is -4.87. The first-order valence-corrected chi connectivity index (χ1v) is 16.6. The second-order valence-electron chi connectivity index (χ2n) is 11.5. The largest absolute Gasteiger partial charge is 0.478 e. The Balaban J connectivity index is 1.22. The molecular formula is C38H35N3O6S. The van der Waals surface area contributed by atoms with Crippen LogP contribution in [0, 0.1) is 5.92 Å². The van der Waals surface area contributed by atoms with E-state index in [1.807, 2.05) is 72.8 Å². The quantitative estimate of drug-likeness (QED) is 0.130. The fraction of sp³-hybridized carbons (Fsp3) is 0.211. The van der Waals surface area contributed by atoms with Gasteiger partial charge in [0.1, 0.15) is 5.03 Å². The van der Waals surface area contributed by atoms with Gasteiger partial charge in [-0.1, -0.05) is 79.7 Å². The summed E-state index contributed by atoms with van der Waals surface area (Å²) in [6.45, 7) is 2.37. The molecule has 3 N–H and O–H groups in total. The molecule has 2 aromatic heterocycles. The average molecular weight is 662 g/mol. The van der Waals surface area contributed by atoms with Crippen molar-refractivity contribution in [1.29, 1.82) is 0 Å². The van der Waals surface area contributed by atoms with Gasteiger partial charge in [0.15, 0.2) is 6.29 Å². The number of amides is 1. The molecule has 5 aromatic rings. The van der Waals surface area contributed by atoms with Gasteiger partial charge in [0.2, 0.25) is 0 Å². The van der Waals surface area contributed by atoms with Crippen LogP contribution >= 0.6 is 11.8 Å². The van der Waals surface area contributed by atoms with E-state index in [1.54, 1.807) is 42.9 Å². The highest BCUT2D eigenvalue weighted by atomic mass is 32.2. The summed E-state index contributed by atoms with van der Waals surface area (Å²) in [4.78, 5) is 32.8. The number of aliphatic hydroxyl groups is 1. The summed E-state index contributed by atoms with van der Waals surface area (Å²) >= 11 is 1.35. The Kier molecular flexibility index (Phi) is 10.6. The molecule has 3 heterocycles. The molecule has 1 aliphatic heterocycles. The number of hydrogen-bond acceptors (Lipinski definition) is 8. The summed E-state index contributed by atoms with van der Waals surface area (Å²) in [6, 6.07) is 30.3. The van der Waals surface area contributed by atoms with Crippen LogP contribution in [0.25, 0.3) is 11.1 Å². The lowest BCUT2D eigenvalue weighted by Crippen LogP contribution is -2.38. The lowest BCUT2D eigenvalue weighted by molar-refractivity contribution is -0.268. The van der Waals surface area contributed by atoms with Gasteiger partial charge in [-0.2, -0.15) is 0 Å². The van der Waals surface area contributed by atoms with Gasteiger partial charge in [-0.15, -0.1) is 11.8 Å². The second kappa shape index (κ2) is 15.4. The maximum atomic E-state index is 12.6. The highest BCUT2D eigenvalue weighted by molar-refractivity contribution is 7.99. The third-order valence-corrected chi connectivity index (χ3v) is 9.48. The van der Waals surface area contributed by atoms with Crippen LogP contribution in [0.5, 0.6) is 0 Å². The minimum atomic E-state index is -1.02. The van der Waals surface area contributed by atoms with Crippen molar-refractivity contribution in [2.75, 3.05) is 5.75 Å². The van der Waals surface area contributed by atoms with Gasteiger partial charge in [0, 0.05) is 42.4 Å². The third kappa shape index (κ3) is 7.64. The molecule has 1 amide bonds. The number of carboxylic acids is 1. The highest BCUT2D eigenvalue weighted by Crippen LogP contribution is 2.43. The van der Waals surface area contributed by atoms with Crippen molar-refractivity contribution in [2.45, 2.75) is 43.6 Å². The van der Waals surface area contributed by atoms with Gasteiger partial charge < -0.3 is 25.0 Å². The topological polar surface area (TPSA) is 131 Å². The normalized spacial score (nSPS) is 19.0. The van der Waals surface area contributed by atoms with Crippen LogP contribution in [-0.4, -0.2) is 43.9 Å². The van der Waals surface area contributed by atoms with Crippen LogP contribution in [-0.2, 0) is 22.6 Å². The maximum absolute atomic E-state index is 12.6. The van der Waals surface area contributed by atoms with Crippen LogP contribution in [0.15, 0.2) is 121 Å². The van der Waals surface area contributed by atoms with Gasteiger partial charge in [-0.05, 0) is 52.1 Å². The van der Waals surface area contributed by atoms with Crippen LogP contribution in [0.3, 0.4) is 0 Å². The first kappa shape index (κ1) is 33.0. The summed E-state index contributed by atoms with van der Waals surface area (Å²) in [5.74, 6) is -0.813. The van der Waals surface area contributed by atoms with E-state index in [-0.39, 0.29) is 36.2 Å². The first-order valence-electron chi connectivity index (χ1n) is 15.6. The molecule has 1 aliphatic rings. The summed E-state index contributed by atoms with van der Waals surface area (Å²) in [6.07, 6.45) is 3.48.